The molecule has 0 fully saturated rings. The Morgan fingerprint density at radius 1 is 0.947 bits per heavy atom. The maximum absolute atomic E-state index is 2.46. The van der Waals surface area contributed by atoms with Crippen molar-refractivity contribution in [2.75, 3.05) is 11.4 Å². The Kier molecular flexibility index (Phi) is 5.70. The second-order valence-corrected chi connectivity index (χ2v) is 5.98. The fourth-order valence-electron chi connectivity index (χ4n) is 2.10. The fraction of sp³-hybridized carbons (Fsp3) is 0.294. The molecule has 19 heavy (non-hydrogen) atoms. The maximum Gasteiger partial charge on any atom is 0.0429 e. The molecule has 2 aromatic rings. The van der Waals surface area contributed by atoms with Gasteiger partial charge in [-0.05, 0) is 58.8 Å². The predicted molar refractivity (Wildman–Crippen MR) is 91.6 cm³/mol. The van der Waals surface area contributed by atoms with Crippen LogP contribution in [0.2, 0.25) is 0 Å². The highest BCUT2D eigenvalue weighted by Gasteiger charge is 2.06. The fourth-order valence-corrected chi connectivity index (χ4v) is 2.46. The minimum Gasteiger partial charge on any atom is -0.367 e. The number of anilines is 1. The minimum atomic E-state index is 0.987. The zero-order valence-electron chi connectivity index (χ0n) is 11.3. The number of hydrogen-bond acceptors (Lipinski definition) is 1. The summed E-state index contributed by atoms with van der Waals surface area (Å²) in [5.74, 6) is 0. The molecule has 2 rings (SSSR count). The average molecular weight is 365 g/mol. The van der Waals surface area contributed by atoms with E-state index in [2.05, 4.69) is 89.0 Å². The predicted octanol–water partition coefficient (Wildman–Crippen LogP) is 5.10. The lowest BCUT2D eigenvalue weighted by Crippen LogP contribution is -2.23. The molecule has 0 unspecified atom stereocenters. The molecule has 0 aromatic heterocycles. The summed E-state index contributed by atoms with van der Waals surface area (Å²) in [7, 11) is 0. The summed E-state index contributed by atoms with van der Waals surface area (Å²) in [6, 6.07) is 19.5. The summed E-state index contributed by atoms with van der Waals surface area (Å²) in [6.45, 7) is 4.35. The summed E-state index contributed by atoms with van der Waals surface area (Å²) in [4.78, 5) is 2.46. The van der Waals surface area contributed by atoms with Crippen molar-refractivity contribution in [3.8, 4) is 0 Å². The molecule has 1 nitrogen and oxygen atoms in total. The lowest BCUT2D eigenvalue weighted by atomic mass is 10.2. The summed E-state index contributed by atoms with van der Waals surface area (Å²) in [5, 5.41) is 0. The molecule has 2 heteroatoms. The summed E-state index contributed by atoms with van der Waals surface area (Å²) in [6.07, 6.45) is 2.47. The van der Waals surface area contributed by atoms with E-state index in [1.807, 2.05) is 0 Å². The second-order valence-electron chi connectivity index (χ2n) is 4.74. The Morgan fingerprint density at radius 2 is 1.63 bits per heavy atom. The summed E-state index contributed by atoms with van der Waals surface area (Å²) < 4.78 is 1.29. The molecule has 0 bridgehead atoms. The maximum atomic E-state index is 2.46. The highest BCUT2D eigenvalue weighted by atomic mass is 127. The number of hydrogen-bond donors (Lipinski definition) is 0. The van der Waals surface area contributed by atoms with Crippen LogP contribution in [0.3, 0.4) is 0 Å². The van der Waals surface area contributed by atoms with E-state index in [-0.39, 0.29) is 0 Å². The van der Waals surface area contributed by atoms with Gasteiger partial charge in [-0.15, -0.1) is 0 Å². The Morgan fingerprint density at radius 3 is 2.26 bits per heavy atom. The standard InChI is InChI=1S/C17H20IN/c1-2-3-13-19(17-7-5-4-6-8-17)14-15-9-11-16(18)12-10-15/h4-12H,2-3,13-14H2,1H3. The van der Waals surface area contributed by atoms with E-state index in [0.717, 1.165) is 13.1 Å². The van der Waals surface area contributed by atoms with E-state index in [0.29, 0.717) is 0 Å². The minimum absolute atomic E-state index is 0.987. The van der Waals surface area contributed by atoms with E-state index in [4.69, 9.17) is 0 Å². The topological polar surface area (TPSA) is 3.24 Å². The molecule has 0 atom stereocenters. The molecule has 0 radical (unpaired) electrons. The molecule has 0 heterocycles. The van der Waals surface area contributed by atoms with E-state index >= 15 is 0 Å². The van der Waals surface area contributed by atoms with Crippen molar-refractivity contribution in [1.82, 2.24) is 0 Å². The van der Waals surface area contributed by atoms with Gasteiger partial charge in [0.05, 0.1) is 0 Å². The number of halogens is 1. The first-order valence-corrected chi connectivity index (χ1v) is 7.92. The second kappa shape index (κ2) is 7.53. The van der Waals surface area contributed by atoms with Gasteiger partial charge in [0.1, 0.15) is 0 Å². The van der Waals surface area contributed by atoms with E-state index in [1.165, 1.54) is 27.7 Å². The summed E-state index contributed by atoms with van der Waals surface area (Å²) >= 11 is 2.35. The lowest BCUT2D eigenvalue weighted by Gasteiger charge is -2.25. The van der Waals surface area contributed by atoms with E-state index in [1.54, 1.807) is 0 Å². The van der Waals surface area contributed by atoms with Crippen LogP contribution < -0.4 is 4.90 Å². The lowest BCUT2D eigenvalue weighted by molar-refractivity contribution is 0.716. The van der Waals surface area contributed by atoms with Crippen LogP contribution in [0.4, 0.5) is 5.69 Å². The smallest absolute Gasteiger partial charge is 0.0429 e. The van der Waals surface area contributed by atoms with Crippen molar-refractivity contribution in [3.63, 3.8) is 0 Å². The molecule has 0 saturated heterocycles. The third-order valence-electron chi connectivity index (χ3n) is 3.19. The first-order chi connectivity index (χ1) is 9.29. The molecule has 0 aliphatic heterocycles. The van der Waals surface area contributed by atoms with Crippen LogP contribution in [0.15, 0.2) is 54.6 Å². The normalized spacial score (nSPS) is 10.4. The van der Waals surface area contributed by atoms with Gasteiger partial charge in [-0.2, -0.15) is 0 Å². The van der Waals surface area contributed by atoms with Gasteiger partial charge in [-0.3, -0.25) is 0 Å². The average Bonchev–Trinajstić information content (AvgIpc) is 2.46. The SMILES string of the molecule is CCCCN(Cc1ccc(I)cc1)c1ccccc1. The van der Waals surface area contributed by atoms with Crippen molar-refractivity contribution in [3.05, 3.63) is 63.7 Å². The Hall–Kier alpha value is -1.03. The Balaban J connectivity index is 2.11. The molecule has 2 aromatic carbocycles. The van der Waals surface area contributed by atoms with Crippen LogP contribution >= 0.6 is 22.6 Å². The Labute approximate surface area is 129 Å². The van der Waals surface area contributed by atoms with E-state index in [9.17, 15) is 0 Å². The zero-order chi connectivity index (χ0) is 13.5. The van der Waals surface area contributed by atoms with Crippen LogP contribution in [0, 0.1) is 3.57 Å². The van der Waals surface area contributed by atoms with E-state index < -0.39 is 0 Å². The van der Waals surface area contributed by atoms with Gasteiger partial charge >= 0.3 is 0 Å². The molecule has 0 N–H and O–H groups in total. The number of nitrogens with zero attached hydrogens (tertiary/aromatic N) is 1. The van der Waals surface area contributed by atoms with Gasteiger partial charge in [-0.1, -0.05) is 43.7 Å². The highest BCUT2D eigenvalue weighted by Crippen LogP contribution is 2.18. The van der Waals surface area contributed by atoms with Gasteiger partial charge in [0.15, 0.2) is 0 Å². The molecule has 0 aliphatic rings. The first-order valence-electron chi connectivity index (χ1n) is 6.84. The van der Waals surface area contributed by atoms with Crippen LogP contribution in [0.1, 0.15) is 25.3 Å². The van der Waals surface area contributed by atoms with Gasteiger partial charge < -0.3 is 4.90 Å². The van der Waals surface area contributed by atoms with Crippen LogP contribution in [-0.2, 0) is 6.54 Å². The van der Waals surface area contributed by atoms with Crippen LogP contribution in [-0.4, -0.2) is 6.54 Å². The van der Waals surface area contributed by atoms with Crippen LogP contribution in [0.5, 0.6) is 0 Å². The Bertz CT molecular complexity index is 478. The monoisotopic (exact) mass is 365 g/mol. The van der Waals surface area contributed by atoms with Crippen molar-refractivity contribution >= 4 is 28.3 Å². The van der Waals surface area contributed by atoms with Crippen molar-refractivity contribution in [2.24, 2.45) is 0 Å². The largest absolute Gasteiger partial charge is 0.367 e. The van der Waals surface area contributed by atoms with Crippen molar-refractivity contribution in [2.45, 2.75) is 26.3 Å². The quantitative estimate of drug-likeness (QED) is 0.644. The molecular weight excluding hydrogens is 345 g/mol. The van der Waals surface area contributed by atoms with Gasteiger partial charge in [0.25, 0.3) is 0 Å². The van der Waals surface area contributed by atoms with Gasteiger partial charge in [-0.25, -0.2) is 0 Å². The van der Waals surface area contributed by atoms with Crippen molar-refractivity contribution < 1.29 is 0 Å². The third kappa shape index (κ3) is 4.53. The number of unbranched alkanes of at least 4 members (excludes halogenated alkanes) is 1. The molecule has 0 saturated carbocycles. The number of rotatable bonds is 6. The zero-order valence-corrected chi connectivity index (χ0v) is 13.5. The molecule has 0 spiro atoms. The molecule has 100 valence electrons. The van der Waals surface area contributed by atoms with Crippen molar-refractivity contribution in [1.29, 1.82) is 0 Å². The van der Waals surface area contributed by atoms with Gasteiger partial charge in [0, 0.05) is 22.3 Å². The third-order valence-corrected chi connectivity index (χ3v) is 3.91. The van der Waals surface area contributed by atoms with Crippen LogP contribution in [0.25, 0.3) is 0 Å². The molecular formula is C17H20IN. The van der Waals surface area contributed by atoms with Gasteiger partial charge in [0.2, 0.25) is 0 Å². The summed E-state index contributed by atoms with van der Waals surface area (Å²) in [5.41, 5.74) is 2.69. The first kappa shape index (κ1) is 14.4. The highest BCUT2D eigenvalue weighted by molar-refractivity contribution is 14.1. The number of benzene rings is 2. The molecule has 0 aliphatic carbocycles. The molecule has 0 amide bonds. The number of para-hydroxylation sites is 1.